The minimum Gasteiger partial charge on any atom is -0.457 e. The van der Waals surface area contributed by atoms with Crippen molar-refractivity contribution in [3.05, 3.63) is 30.3 Å². The van der Waals surface area contributed by atoms with Crippen molar-refractivity contribution in [2.24, 2.45) is 0 Å². The van der Waals surface area contributed by atoms with Crippen molar-refractivity contribution in [3.8, 4) is 0 Å². The summed E-state index contributed by atoms with van der Waals surface area (Å²) in [4.78, 5) is 11.3. The van der Waals surface area contributed by atoms with Gasteiger partial charge in [0.1, 0.15) is 6.35 Å². The molecular formula is C14H21O3P. The number of carbonyl (C=O) groups excluding carboxylic acids is 1. The number of esters is 1. The number of benzene rings is 1. The van der Waals surface area contributed by atoms with Crippen LogP contribution in [0.4, 0.5) is 0 Å². The molecule has 0 fully saturated rings. The Morgan fingerprint density at radius 3 is 2.22 bits per heavy atom. The molecule has 1 unspecified atom stereocenters. The molecule has 100 valence electrons. The van der Waals surface area contributed by atoms with Crippen molar-refractivity contribution in [1.82, 2.24) is 0 Å². The number of carbonyl (C=O) groups is 1. The van der Waals surface area contributed by atoms with Crippen LogP contribution in [-0.4, -0.2) is 17.5 Å². The van der Waals surface area contributed by atoms with Gasteiger partial charge < -0.3 is 9.30 Å². The van der Waals surface area contributed by atoms with E-state index in [0.717, 1.165) is 5.30 Å². The van der Waals surface area contributed by atoms with E-state index in [4.69, 9.17) is 4.74 Å². The van der Waals surface area contributed by atoms with Crippen molar-refractivity contribution in [1.29, 1.82) is 0 Å². The van der Waals surface area contributed by atoms with Gasteiger partial charge in [-0.2, -0.15) is 0 Å². The Balaban J connectivity index is 3.06. The van der Waals surface area contributed by atoms with Crippen LogP contribution < -0.4 is 5.30 Å². The van der Waals surface area contributed by atoms with Crippen LogP contribution in [0, 0.1) is 0 Å². The quantitative estimate of drug-likeness (QED) is 0.621. The lowest BCUT2D eigenvalue weighted by Gasteiger charge is -2.31. The van der Waals surface area contributed by atoms with Gasteiger partial charge in [-0.15, -0.1) is 0 Å². The molecule has 0 saturated carbocycles. The third-order valence-corrected chi connectivity index (χ3v) is 6.75. The van der Waals surface area contributed by atoms with E-state index in [1.165, 1.54) is 0 Å². The summed E-state index contributed by atoms with van der Waals surface area (Å²) in [5.41, 5.74) is 0. The molecule has 1 atom stereocenters. The number of ether oxygens (including phenoxy) is 1. The first-order chi connectivity index (χ1) is 8.31. The van der Waals surface area contributed by atoms with Crippen molar-refractivity contribution < 1.29 is 14.1 Å². The molecule has 0 aliphatic carbocycles. The van der Waals surface area contributed by atoms with Gasteiger partial charge in [-0.05, 0) is 0 Å². The van der Waals surface area contributed by atoms with Gasteiger partial charge in [0.25, 0.3) is 0 Å². The topological polar surface area (TPSA) is 43.4 Å². The zero-order chi connectivity index (χ0) is 13.8. The van der Waals surface area contributed by atoms with Gasteiger partial charge in [0, 0.05) is 16.9 Å². The molecule has 0 bridgehead atoms. The summed E-state index contributed by atoms with van der Waals surface area (Å²) < 4.78 is 18.3. The second-order valence-electron chi connectivity index (χ2n) is 5.25. The summed E-state index contributed by atoms with van der Waals surface area (Å²) in [6.07, 6.45) is 0.284. The molecule has 18 heavy (non-hydrogen) atoms. The van der Waals surface area contributed by atoms with E-state index in [9.17, 15) is 9.36 Å². The van der Waals surface area contributed by atoms with Crippen molar-refractivity contribution in [3.63, 3.8) is 0 Å². The number of hydrogen-bond donors (Lipinski definition) is 0. The Labute approximate surface area is 109 Å². The van der Waals surface area contributed by atoms with E-state index < -0.39 is 12.3 Å². The van der Waals surface area contributed by atoms with E-state index in [-0.39, 0.29) is 12.3 Å². The minimum absolute atomic E-state index is 0.0206. The second-order valence-corrected chi connectivity index (χ2v) is 8.84. The lowest BCUT2D eigenvalue weighted by Crippen LogP contribution is -2.26. The van der Waals surface area contributed by atoms with Crippen molar-refractivity contribution >= 4 is 18.4 Å². The maximum Gasteiger partial charge on any atom is 0.305 e. The predicted octanol–water partition coefficient (Wildman–Crippen LogP) is 3.38. The van der Waals surface area contributed by atoms with Gasteiger partial charge in [0.15, 0.2) is 7.14 Å². The van der Waals surface area contributed by atoms with Crippen LogP contribution in [0.15, 0.2) is 30.3 Å². The van der Waals surface area contributed by atoms with Gasteiger partial charge in [-0.3, -0.25) is 4.79 Å². The zero-order valence-electron chi connectivity index (χ0n) is 11.5. The summed E-state index contributed by atoms with van der Waals surface area (Å²) >= 11 is 0. The highest BCUT2D eigenvalue weighted by Crippen LogP contribution is 2.56. The second kappa shape index (κ2) is 5.71. The average Bonchev–Trinajstić information content (AvgIpc) is 2.35. The molecule has 0 saturated heterocycles. The van der Waals surface area contributed by atoms with E-state index in [1.807, 2.05) is 51.1 Å². The van der Waals surface area contributed by atoms with Crippen LogP contribution >= 0.6 is 7.14 Å². The summed E-state index contributed by atoms with van der Waals surface area (Å²) in [6, 6.07) is 9.27. The first-order valence-corrected chi connectivity index (χ1v) is 8.01. The van der Waals surface area contributed by atoms with E-state index in [0.29, 0.717) is 6.42 Å². The molecule has 0 aromatic heterocycles. The van der Waals surface area contributed by atoms with Gasteiger partial charge in [-0.25, -0.2) is 0 Å². The first-order valence-electron chi connectivity index (χ1n) is 6.11. The maximum atomic E-state index is 13.2. The third kappa shape index (κ3) is 3.23. The molecule has 0 radical (unpaired) electrons. The highest BCUT2D eigenvalue weighted by atomic mass is 31.2. The molecule has 1 aromatic carbocycles. The molecule has 0 N–H and O–H groups in total. The molecule has 1 rings (SSSR count). The fourth-order valence-corrected chi connectivity index (χ4v) is 3.88. The van der Waals surface area contributed by atoms with Crippen molar-refractivity contribution in [2.45, 2.75) is 39.3 Å². The summed E-state index contributed by atoms with van der Waals surface area (Å²) in [5.74, 6) is -0.310. The molecule has 1 aromatic rings. The third-order valence-electron chi connectivity index (χ3n) is 2.95. The van der Waals surface area contributed by atoms with Crippen LogP contribution in [-0.2, 0) is 14.1 Å². The summed E-state index contributed by atoms with van der Waals surface area (Å²) in [6.45, 7) is 7.48. The van der Waals surface area contributed by atoms with Crippen LogP contribution in [0.25, 0.3) is 0 Å². The summed E-state index contributed by atoms with van der Waals surface area (Å²) in [7, 11) is -2.77. The van der Waals surface area contributed by atoms with Gasteiger partial charge in [-0.1, -0.05) is 58.0 Å². The Kier molecular flexibility index (Phi) is 4.75. The molecule has 0 aliphatic heterocycles. The average molecular weight is 268 g/mol. The Hall–Kier alpha value is -1.08. The van der Waals surface area contributed by atoms with Crippen molar-refractivity contribution in [2.75, 3.05) is 6.35 Å². The van der Waals surface area contributed by atoms with Crippen LogP contribution in [0.3, 0.4) is 0 Å². The molecule has 3 nitrogen and oxygen atoms in total. The van der Waals surface area contributed by atoms with Gasteiger partial charge in [0.05, 0.1) is 0 Å². The minimum atomic E-state index is -2.77. The van der Waals surface area contributed by atoms with E-state index in [1.54, 1.807) is 6.92 Å². The van der Waals surface area contributed by atoms with Crippen LogP contribution in [0.5, 0.6) is 0 Å². The van der Waals surface area contributed by atoms with Crippen LogP contribution in [0.2, 0.25) is 0 Å². The van der Waals surface area contributed by atoms with Gasteiger partial charge in [0.2, 0.25) is 0 Å². The lowest BCUT2D eigenvalue weighted by molar-refractivity contribution is -0.141. The molecule has 0 heterocycles. The lowest BCUT2D eigenvalue weighted by atomic mass is 10.3. The SMILES string of the molecule is CCC(=O)OCP(=O)(c1ccccc1)C(C)(C)C. The molecule has 0 spiro atoms. The Morgan fingerprint density at radius 2 is 1.78 bits per heavy atom. The molecular weight excluding hydrogens is 247 g/mol. The van der Waals surface area contributed by atoms with Gasteiger partial charge >= 0.3 is 5.97 Å². The zero-order valence-corrected chi connectivity index (χ0v) is 12.4. The fraction of sp³-hybridized carbons (Fsp3) is 0.500. The standard InChI is InChI=1S/C14H21O3P/c1-5-13(15)17-11-18(16,14(2,3)4)12-9-7-6-8-10-12/h6-10H,5,11H2,1-4H3. The number of hydrogen-bond acceptors (Lipinski definition) is 3. The predicted molar refractivity (Wildman–Crippen MR) is 74.7 cm³/mol. The largest absolute Gasteiger partial charge is 0.457 e. The monoisotopic (exact) mass is 268 g/mol. The number of rotatable bonds is 4. The normalized spacial score (nSPS) is 14.9. The fourth-order valence-electron chi connectivity index (χ4n) is 1.59. The Morgan fingerprint density at radius 1 is 1.22 bits per heavy atom. The molecule has 0 amide bonds. The smallest absolute Gasteiger partial charge is 0.305 e. The van der Waals surface area contributed by atoms with E-state index in [2.05, 4.69) is 0 Å². The first kappa shape index (κ1) is 15.0. The molecule has 0 aliphatic rings. The highest BCUT2D eigenvalue weighted by Gasteiger charge is 2.39. The maximum absolute atomic E-state index is 13.2. The van der Waals surface area contributed by atoms with Crippen LogP contribution in [0.1, 0.15) is 34.1 Å². The Bertz CT molecular complexity index is 446. The highest BCUT2D eigenvalue weighted by molar-refractivity contribution is 7.72. The molecule has 4 heteroatoms. The summed E-state index contributed by atoms with van der Waals surface area (Å²) in [5, 5.41) is 0.337. The van der Waals surface area contributed by atoms with E-state index >= 15 is 0 Å².